The minimum Gasteiger partial charge on any atom is -0.456 e. The number of rotatable bonds is 8. The lowest BCUT2D eigenvalue weighted by atomic mass is 9.49. The van der Waals surface area contributed by atoms with E-state index in [2.05, 4.69) is 14.1 Å². The summed E-state index contributed by atoms with van der Waals surface area (Å²) in [7, 11) is 0. The van der Waals surface area contributed by atoms with E-state index < -0.39 is 41.4 Å². The second-order valence-corrected chi connectivity index (χ2v) is 8.22. The van der Waals surface area contributed by atoms with Gasteiger partial charge >= 0.3 is 17.2 Å². The molecule has 4 fully saturated rings. The van der Waals surface area contributed by atoms with Crippen LogP contribution in [0.25, 0.3) is 0 Å². The molecule has 0 atom stereocenters. The third-order valence-electron chi connectivity index (χ3n) is 6.10. The van der Waals surface area contributed by atoms with E-state index in [-0.39, 0.29) is 11.8 Å². The van der Waals surface area contributed by atoms with Crippen molar-refractivity contribution in [1.82, 2.24) is 0 Å². The largest absolute Gasteiger partial charge is 0.456 e. The number of ether oxygens (including phenoxy) is 2. The second-order valence-electron chi connectivity index (χ2n) is 7.41. The van der Waals surface area contributed by atoms with Gasteiger partial charge in [0.1, 0.15) is 17.6 Å². The monoisotopic (exact) mass is 396 g/mol. The Morgan fingerprint density at radius 1 is 1.15 bits per heavy atom. The first-order valence-electron chi connectivity index (χ1n) is 8.73. The van der Waals surface area contributed by atoms with Gasteiger partial charge in [0.2, 0.25) is 0 Å². The van der Waals surface area contributed by atoms with Crippen molar-refractivity contribution in [3.63, 3.8) is 0 Å². The quantitative estimate of drug-likeness (QED) is 0.289. The SMILES string of the molecule is CCC1(OC(=O)COC(=O)C(F)(F)SOOO)C2CC3CC(C2)CC1C3. The van der Waals surface area contributed by atoms with Crippen molar-refractivity contribution in [1.29, 1.82) is 0 Å². The van der Waals surface area contributed by atoms with Crippen LogP contribution in [0.5, 0.6) is 0 Å². The van der Waals surface area contributed by atoms with Crippen molar-refractivity contribution in [2.24, 2.45) is 23.7 Å². The van der Waals surface area contributed by atoms with Crippen molar-refractivity contribution >= 4 is 24.0 Å². The highest BCUT2D eigenvalue weighted by Gasteiger charge is 2.58. The van der Waals surface area contributed by atoms with Crippen LogP contribution in [0.4, 0.5) is 8.78 Å². The zero-order valence-electron chi connectivity index (χ0n) is 14.3. The van der Waals surface area contributed by atoms with Gasteiger partial charge < -0.3 is 9.47 Å². The molecule has 7 nitrogen and oxygen atoms in total. The van der Waals surface area contributed by atoms with Gasteiger partial charge in [-0.1, -0.05) is 12.0 Å². The lowest BCUT2D eigenvalue weighted by Crippen LogP contribution is -2.59. The van der Waals surface area contributed by atoms with Crippen LogP contribution in [-0.4, -0.2) is 34.7 Å². The summed E-state index contributed by atoms with van der Waals surface area (Å²) in [6.07, 6.45) is 6.03. The van der Waals surface area contributed by atoms with Gasteiger partial charge in [-0.2, -0.15) is 8.78 Å². The van der Waals surface area contributed by atoms with Crippen LogP contribution in [-0.2, 0) is 28.4 Å². The minimum atomic E-state index is -4.13. The first kappa shape index (κ1) is 19.8. The third kappa shape index (κ3) is 3.69. The smallest absolute Gasteiger partial charge is 0.415 e. The van der Waals surface area contributed by atoms with Crippen LogP contribution < -0.4 is 0 Å². The highest BCUT2D eigenvalue weighted by molar-refractivity contribution is 7.96. The zero-order valence-corrected chi connectivity index (χ0v) is 15.1. The maximum absolute atomic E-state index is 13.3. The van der Waals surface area contributed by atoms with Crippen LogP contribution in [0.3, 0.4) is 0 Å². The summed E-state index contributed by atoms with van der Waals surface area (Å²) in [5.41, 5.74) is -0.581. The zero-order chi connectivity index (χ0) is 18.9. The van der Waals surface area contributed by atoms with Gasteiger partial charge in [-0.25, -0.2) is 14.8 Å². The molecule has 0 aromatic carbocycles. The van der Waals surface area contributed by atoms with E-state index in [0.29, 0.717) is 18.3 Å². The van der Waals surface area contributed by atoms with E-state index in [1.807, 2.05) is 6.92 Å². The summed E-state index contributed by atoms with van der Waals surface area (Å²) in [4.78, 5) is 23.5. The first-order valence-corrected chi connectivity index (χ1v) is 9.47. The predicted molar refractivity (Wildman–Crippen MR) is 84.5 cm³/mol. The van der Waals surface area contributed by atoms with Crippen molar-refractivity contribution in [2.45, 2.75) is 56.3 Å². The van der Waals surface area contributed by atoms with Gasteiger partial charge in [-0.3, -0.25) is 0 Å². The number of hydrogen-bond acceptors (Lipinski definition) is 8. The maximum atomic E-state index is 13.3. The van der Waals surface area contributed by atoms with Crippen LogP contribution in [0.1, 0.15) is 45.4 Å². The molecule has 0 aromatic rings. The normalized spacial score (nSPS) is 35.4. The van der Waals surface area contributed by atoms with E-state index >= 15 is 0 Å². The van der Waals surface area contributed by atoms with E-state index in [0.717, 1.165) is 25.7 Å². The Morgan fingerprint density at radius 3 is 2.23 bits per heavy atom. The Kier molecular flexibility index (Phi) is 5.76. The predicted octanol–water partition coefficient (Wildman–Crippen LogP) is 3.34. The molecular formula is C16H22F2O7S. The topological polar surface area (TPSA) is 91.3 Å². The van der Waals surface area contributed by atoms with E-state index in [1.165, 1.54) is 6.42 Å². The Bertz CT molecular complexity index is 529. The maximum Gasteiger partial charge on any atom is 0.415 e. The van der Waals surface area contributed by atoms with Crippen LogP contribution >= 0.6 is 12.0 Å². The molecule has 0 spiro atoms. The fourth-order valence-corrected chi connectivity index (χ4v) is 5.58. The van der Waals surface area contributed by atoms with E-state index in [1.54, 1.807) is 0 Å². The number of hydrogen-bond donors (Lipinski definition) is 1. The summed E-state index contributed by atoms with van der Waals surface area (Å²) in [5, 5.41) is 6.75. The molecule has 10 heteroatoms. The van der Waals surface area contributed by atoms with Crippen LogP contribution in [0.15, 0.2) is 0 Å². The third-order valence-corrected chi connectivity index (χ3v) is 6.61. The summed E-state index contributed by atoms with van der Waals surface area (Å²) < 4.78 is 40.3. The molecule has 26 heavy (non-hydrogen) atoms. The number of esters is 2. The Morgan fingerprint density at radius 2 is 1.73 bits per heavy atom. The van der Waals surface area contributed by atoms with Crippen LogP contribution in [0.2, 0.25) is 0 Å². The molecule has 0 heterocycles. The molecule has 4 rings (SSSR count). The molecule has 4 saturated carbocycles. The van der Waals surface area contributed by atoms with Gasteiger partial charge in [0.25, 0.3) is 0 Å². The van der Waals surface area contributed by atoms with Gasteiger partial charge in [0, 0.05) is 0 Å². The van der Waals surface area contributed by atoms with Crippen LogP contribution in [0, 0.1) is 23.7 Å². The molecule has 4 bridgehead atoms. The summed E-state index contributed by atoms with van der Waals surface area (Å²) in [6.45, 7) is 1.07. The van der Waals surface area contributed by atoms with Crippen molar-refractivity contribution in [3.05, 3.63) is 0 Å². The summed E-state index contributed by atoms with van der Waals surface area (Å²) in [6, 6.07) is 0. The lowest BCUT2D eigenvalue weighted by molar-refractivity contribution is -0.433. The number of carbonyl (C=O) groups is 2. The molecule has 0 amide bonds. The Hall–Kier alpha value is -0.970. The van der Waals surface area contributed by atoms with Crippen molar-refractivity contribution in [2.75, 3.05) is 6.61 Å². The minimum absolute atomic E-state index is 0.288. The summed E-state index contributed by atoms with van der Waals surface area (Å²) >= 11 is -0.736. The van der Waals surface area contributed by atoms with Crippen molar-refractivity contribution in [3.8, 4) is 0 Å². The van der Waals surface area contributed by atoms with E-state index in [4.69, 9.17) is 9.99 Å². The molecule has 0 aliphatic heterocycles. The highest BCUT2D eigenvalue weighted by atomic mass is 32.2. The molecule has 4 aliphatic rings. The Balaban J connectivity index is 1.56. The summed E-state index contributed by atoms with van der Waals surface area (Å²) in [5.74, 6) is -0.845. The average molecular weight is 396 g/mol. The molecule has 4 aliphatic carbocycles. The second kappa shape index (κ2) is 7.57. The molecule has 148 valence electrons. The van der Waals surface area contributed by atoms with E-state index in [9.17, 15) is 18.4 Å². The number of alkyl halides is 2. The first-order chi connectivity index (χ1) is 12.3. The van der Waals surface area contributed by atoms with Gasteiger partial charge in [0.15, 0.2) is 6.61 Å². The number of carbonyl (C=O) groups excluding carboxylic acids is 2. The number of halogens is 2. The lowest BCUT2D eigenvalue weighted by Gasteiger charge is -2.60. The van der Waals surface area contributed by atoms with Crippen molar-refractivity contribution < 1.29 is 42.5 Å². The standard InChI is InChI=1S/C16H22F2O7S/c1-2-15(11-4-9-3-10(6-11)7-12(15)5-9)23-13(19)8-22-14(20)16(17,18)26-25-24-21/h9-12,21H,2-8H2,1H3. The molecule has 0 unspecified atom stereocenters. The highest BCUT2D eigenvalue weighted by Crippen LogP contribution is 2.60. The molecule has 0 radical (unpaired) electrons. The van der Waals surface area contributed by atoms with Gasteiger partial charge in [0.05, 0.1) is 0 Å². The fraction of sp³-hybridized carbons (Fsp3) is 0.875. The molecular weight excluding hydrogens is 374 g/mol. The average Bonchev–Trinajstić information content (AvgIpc) is 2.60. The Labute approximate surface area is 153 Å². The molecule has 1 N–H and O–H groups in total. The molecule has 0 saturated heterocycles. The molecule has 0 aromatic heterocycles. The fourth-order valence-electron chi connectivity index (χ4n) is 5.34. The van der Waals surface area contributed by atoms with Gasteiger partial charge in [-0.05, 0) is 62.2 Å². The van der Waals surface area contributed by atoms with Gasteiger partial charge in [-0.15, -0.1) is 4.33 Å².